The van der Waals surface area contributed by atoms with Crippen molar-refractivity contribution in [3.05, 3.63) is 53.6 Å². The average molecular weight is 312 g/mol. The highest BCUT2D eigenvalue weighted by atomic mass is 16.3. The second-order valence-corrected chi connectivity index (χ2v) is 5.15. The molecule has 23 heavy (non-hydrogen) atoms. The Balaban J connectivity index is 2.80. The third-order valence-electron chi connectivity index (χ3n) is 3.30. The lowest BCUT2D eigenvalue weighted by Crippen LogP contribution is -2.06. The molecule has 3 N–H and O–H groups in total. The average Bonchev–Trinajstić information content (AvgIpc) is 2.44. The summed E-state index contributed by atoms with van der Waals surface area (Å²) in [5.41, 5.74) is 0.952. The predicted octanol–water partition coefficient (Wildman–Crippen LogP) is 2.89. The van der Waals surface area contributed by atoms with E-state index in [9.17, 15) is 24.9 Å². The fraction of sp³-hybridized carbons (Fsp3) is 0.111. The summed E-state index contributed by atoms with van der Waals surface area (Å²) < 4.78 is 0. The first-order valence-electron chi connectivity index (χ1n) is 6.88. The molecule has 0 spiro atoms. The van der Waals surface area contributed by atoms with Crippen LogP contribution in [0.15, 0.2) is 42.5 Å². The zero-order chi connectivity index (χ0) is 17.1. The lowest BCUT2D eigenvalue weighted by Gasteiger charge is -2.13. The largest absolute Gasteiger partial charge is 0.508 e. The van der Waals surface area contributed by atoms with Gasteiger partial charge in [-0.15, -0.1) is 0 Å². The van der Waals surface area contributed by atoms with Crippen LogP contribution in [0.3, 0.4) is 0 Å². The van der Waals surface area contributed by atoms with Gasteiger partial charge in [-0.3, -0.25) is 9.59 Å². The first kappa shape index (κ1) is 16.3. The number of carbonyl (C=O) groups is 2. The lowest BCUT2D eigenvalue weighted by molar-refractivity contribution is -0.113. The van der Waals surface area contributed by atoms with Crippen molar-refractivity contribution in [1.82, 2.24) is 0 Å². The van der Waals surface area contributed by atoms with Crippen molar-refractivity contribution in [1.29, 1.82) is 0 Å². The number of aromatic hydroxyl groups is 3. The Hall–Kier alpha value is -3.08. The molecule has 0 radical (unpaired) electrons. The van der Waals surface area contributed by atoms with Crippen molar-refractivity contribution in [2.45, 2.75) is 13.8 Å². The van der Waals surface area contributed by atoms with Crippen molar-refractivity contribution in [2.24, 2.45) is 0 Å². The van der Waals surface area contributed by atoms with Crippen molar-refractivity contribution in [3.8, 4) is 17.2 Å². The van der Waals surface area contributed by atoms with Crippen LogP contribution in [-0.4, -0.2) is 26.9 Å². The fourth-order valence-corrected chi connectivity index (χ4v) is 2.41. The molecular weight excluding hydrogens is 296 g/mol. The number of carbonyl (C=O) groups excluding carboxylic acids is 2. The Morgan fingerprint density at radius 1 is 0.652 bits per heavy atom. The summed E-state index contributed by atoms with van der Waals surface area (Å²) in [6, 6.07) is 9.62. The molecule has 0 aliphatic rings. The third-order valence-corrected chi connectivity index (χ3v) is 3.30. The topological polar surface area (TPSA) is 94.8 Å². The Morgan fingerprint density at radius 3 is 1.52 bits per heavy atom. The normalized spacial score (nSPS) is 11.7. The number of ketones is 2. The minimum atomic E-state index is -0.381. The van der Waals surface area contributed by atoms with Gasteiger partial charge >= 0.3 is 0 Å². The van der Waals surface area contributed by atoms with E-state index < -0.39 is 0 Å². The van der Waals surface area contributed by atoms with Gasteiger partial charge in [0.25, 0.3) is 0 Å². The molecular formula is C18H16O5. The monoisotopic (exact) mass is 312 g/mol. The van der Waals surface area contributed by atoms with E-state index in [2.05, 4.69) is 0 Å². The summed E-state index contributed by atoms with van der Waals surface area (Å²) in [7, 11) is 0. The molecule has 0 atom stereocenters. The molecule has 0 unspecified atom stereocenters. The maximum Gasteiger partial charge on any atom is 0.161 e. The highest BCUT2D eigenvalue weighted by Gasteiger charge is 2.20. The molecule has 0 amide bonds. The van der Waals surface area contributed by atoms with Crippen LogP contribution in [0.4, 0.5) is 0 Å². The van der Waals surface area contributed by atoms with Crippen molar-refractivity contribution in [2.75, 3.05) is 0 Å². The standard InChI is InChI=1S/C18H16O5/c1-10(19)17(12-3-5-14(21)6-4-12)18(11(2)20)13-7-15(22)9-16(23)8-13/h3-9,21-23H,1-2H3. The molecule has 5 nitrogen and oxygen atoms in total. The number of phenols is 3. The van der Waals surface area contributed by atoms with Crippen molar-refractivity contribution >= 4 is 22.7 Å². The maximum absolute atomic E-state index is 12.1. The van der Waals surface area contributed by atoms with E-state index in [1.165, 1.54) is 50.2 Å². The number of allylic oxidation sites excluding steroid dienone is 2. The van der Waals surface area contributed by atoms with Crippen LogP contribution >= 0.6 is 0 Å². The van der Waals surface area contributed by atoms with Gasteiger partial charge in [0.05, 0.1) is 0 Å². The van der Waals surface area contributed by atoms with Gasteiger partial charge in [0.2, 0.25) is 0 Å². The number of Topliss-reactive ketones (excluding diaryl/α,β-unsaturated/α-hetero) is 2. The van der Waals surface area contributed by atoms with Gasteiger partial charge in [0.15, 0.2) is 11.6 Å². The second kappa shape index (κ2) is 6.36. The molecule has 0 aromatic heterocycles. The van der Waals surface area contributed by atoms with Crippen LogP contribution in [0.1, 0.15) is 25.0 Å². The molecule has 2 rings (SSSR count). The van der Waals surface area contributed by atoms with Crippen molar-refractivity contribution < 1.29 is 24.9 Å². The summed E-state index contributed by atoms with van der Waals surface area (Å²) in [4.78, 5) is 24.3. The Kier molecular flexibility index (Phi) is 4.50. The number of hydrogen-bond acceptors (Lipinski definition) is 5. The van der Waals surface area contributed by atoms with Crippen LogP contribution in [0.25, 0.3) is 11.1 Å². The molecule has 0 aliphatic carbocycles. The summed E-state index contributed by atoms with van der Waals surface area (Å²) in [5.74, 6) is -1.12. The molecule has 0 bridgehead atoms. The predicted molar refractivity (Wildman–Crippen MR) is 86.1 cm³/mol. The number of hydrogen-bond donors (Lipinski definition) is 3. The molecule has 0 fully saturated rings. The summed E-state index contributed by atoms with van der Waals surface area (Å²) in [6.07, 6.45) is 0. The van der Waals surface area contributed by atoms with Crippen molar-refractivity contribution in [3.63, 3.8) is 0 Å². The second-order valence-electron chi connectivity index (χ2n) is 5.15. The molecule has 0 saturated heterocycles. The van der Waals surface area contributed by atoms with Crippen LogP contribution in [0.5, 0.6) is 17.2 Å². The van der Waals surface area contributed by atoms with E-state index in [0.29, 0.717) is 5.56 Å². The SMILES string of the molecule is CC(=O)C(=C(C(C)=O)c1cc(O)cc(O)c1)c1ccc(O)cc1. The first-order valence-corrected chi connectivity index (χ1v) is 6.88. The van der Waals surface area contributed by atoms with Gasteiger partial charge in [-0.2, -0.15) is 0 Å². The Morgan fingerprint density at radius 2 is 1.09 bits per heavy atom. The molecule has 0 heterocycles. The van der Waals surface area contributed by atoms with E-state index in [1.54, 1.807) is 0 Å². The molecule has 2 aromatic rings. The van der Waals surface area contributed by atoms with Crippen LogP contribution in [0.2, 0.25) is 0 Å². The summed E-state index contributed by atoms with van der Waals surface area (Å²) in [6.45, 7) is 2.63. The third kappa shape index (κ3) is 3.58. The van der Waals surface area contributed by atoms with Crippen LogP contribution in [-0.2, 0) is 9.59 Å². The van der Waals surface area contributed by atoms with Gasteiger partial charge in [-0.05, 0) is 49.2 Å². The summed E-state index contributed by atoms with van der Waals surface area (Å²) in [5, 5.41) is 28.7. The number of rotatable bonds is 4. The molecule has 0 aliphatic heterocycles. The van der Waals surface area contributed by atoms with Crippen LogP contribution < -0.4 is 0 Å². The zero-order valence-electron chi connectivity index (χ0n) is 12.7. The van der Waals surface area contributed by atoms with E-state index in [4.69, 9.17) is 0 Å². The van der Waals surface area contributed by atoms with Gasteiger partial charge in [0, 0.05) is 17.2 Å². The highest BCUT2D eigenvalue weighted by Crippen LogP contribution is 2.32. The van der Waals surface area contributed by atoms with Gasteiger partial charge in [-0.1, -0.05) is 12.1 Å². The minimum absolute atomic E-state index is 0.0380. The summed E-state index contributed by atoms with van der Waals surface area (Å²) >= 11 is 0. The first-order chi connectivity index (χ1) is 10.8. The number of benzene rings is 2. The molecule has 5 heteroatoms. The Bertz CT molecular complexity index is 780. The zero-order valence-corrected chi connectivity index (χ0v) is 12.7. The number of phenolic OH excluding ortho intramolecular Hbond substituents is 3. The minimum Gasteiger partial charge on any atom is -0.508 e. The van der Waals surface area contributed by atoms with Gasteiger partial charge in [0.1, 0.15) is 17.2 Å². The van der Waals surface area contributed by atoms with E-state index in [1.807, 2.05) is 0 Å². The van der Waals surface area contributed by atoms with Gasteiger partial charge in [-0.25, -0.2) is 0 Å². The molecule has 2 aromatic carbocycles. The van der Waals surface area contributed by atoms with Crippen LogP contribution in [0, 0.1) is 0 Å². The smallest absolute Gasteiger partial charge is 0.161 e. The Labute approximate surface area is 133 Å². The highest BCUT2D eigenvalue weighted by molar-refractivity contribution is 6.39. The van der Waals surface area contributed by atoms with E-state index in [0.717, 1.165) is 6.07 Å². The quantitative estimate of drug-likeness (QED) is 0.596. The maximum atomic E-state index is 12.1. The van der Waals surface area contributed by atoms with Gasteiger partial charge < -0.3 is 15.3 Å². The van der Waals surface area contributed by atoms with E-state index in [-0.39, 0.29) is 45.5 Å². The van der Waals surface area contributed by atoms with E-state index >= 15 is 0 Å². The lowest BCUT2D eigenvalue weighted by atomic mass is 9.90. The fourth-order valence-electron chi connectivity index (χ4n) is 2.41. The molecule has 118 valence electrons. The molecule has 0 saturated carbocycles.